The van der Waals surface area contributed by atoms with Crippen LogP contribution in [0.1, 0.15) is 13.8 Å². The summed E-state index contributed by atoms with van der Waals surface area (Å²) in [6.07, 6.45) is 0. The molecule has 0 aliphatic rings. The zero-order valence-corrected chi connectivity index (χ0v) is 12.8. The smallest absolute Gasteiger partial charge is 0.307 e. The van der Waals surface area contributed by atoms with Crippen LogP contribution in [0, 0.1) is 5.92 Å². The van der Waals surface area contributed by atoms with E-state index in [9.17, 15) is 21.6 Å². The van der Waals surface area contributed by atoms with Gasteiger partial charge in [-0.15, -0.1) is 0 Å². The SMILES string of the molecule is CCS(=O)(=O)NCCS(=O)(=O)N(C)CC(C)C(=O)O. The number of hydrogen-bond acceptors (Lipinski definition) is 5. The van der Waals surface area contributed by atoms with Gasteiger partial charge in [-0.3, -0.25) is 4.79 Å². The number of nitrogens with one attached hydrogen (secondary N) is 1. The van der Waals surface area contributed by atoms with E-state index in [0.717, 1.165) is 4.31 Å². The lowest BCUT2D eigenvalue weighted by Gasteiger charge is -2.19. The lowest BCUT2D eigenvalue weighted by molar-refractivity contribution is -0.141. The van der Waals surface area contributed by atoms with Crippen molar-refractivity contribution in [2.45, 2.75) is 13.8 Å². The largest absolute Gasteiger partial charge is 0.481 e. The van der Waals surface area contributed by atoms with E-state index < -0.39 is 37.7 Å². The molecule has 0 rings (SSSR count). The van der Waals surface area contributed by atoms with Gasteiger partial charge in [-0.1, -0.05) is 6.92 Å². The topological polar surface area (TPSA) is 121 Å². The number of nitrogens with zero attached hydrogens (tertiary/aromatic N) is 1. The van der Waals surface area contributed by atoms with Gasteiger partial charge >= 0.3 is 5.97 Å². The Bertz CT molecular complexity index is 499. The van der Waals surface area contributed by atoms with E-state index in [0.29, 0.717) is 0 Å². The Balaban J connectivity index is 4.44. The maximum absolute atomic E-state index is 11.8. The normalized spacial score (nSPS) is 14.5. The molecule has 114 valence electrons. The predicted molar refractivity (Wildman–Crippen MR) is 70.7 cm³/mol. The lowest BCUT2D eigenvalue weighted by atomic mass is 10.2. The average molecular weight is 316 g/mol. The van der Waals surface area contributed by atoms with Crippen molar-refractivity contribution < 1.29 is 26.7 Å². The Hall–Kier alpha value is -0.710. The van der Waals surface area contributed by atoms with Crippen LogP contribution in [-0.4, -0.2) is 63.9 Å². The first-order chi connectivity index (χ1) is 8.52. The molecule has 0 saturated carbocycles. The van der Waals surface area contributed by atoms with Gasteiger partial charge in [0.05, 0.1) is 17.4 Å². The van der Waals surface area contributed by atoms with Crippen molar-refractivity contribution in [1.29, 1.82) is 0 Å². The Morgan fingerprint density at radius 1 is 1.32 bits per heavy atom. The minimum atomic E-state index is -3.68. The molecule has 0 aliphatic carbocycles. The number of carboxylic acid groups (broad SMARTS) is 1. The van der Waals surface area contributed by atoms with E-state index in [-0.39, 0.29) is 18.8 Å². The highest BCUT2D eigenvalue weighted by Gasteiger charge is 2.23. The van der Waals surface area contributed by atoms with E-state index in [2.05, 4.69) is 4.72 Å². The second-order valence-corrected chi connectivity index (χ2v) is 8.42. The summed E-state index contributed by atoms with van der Waals surface area (Å²) < 4.78 is 48.8. The summed E-state index contributed by atoms with van der Waals surface area (Å²) in [4.78, 5) is 10.6. The summed E-state index contributed by atoms with van der Waals surface area (Å²) in [7, 11) is -5.84. The Labute approximate surface area is 113 Å². The Kier molecular flexibility index (Phi) is 6.91. The van der Waals surface area contributed by atoms with Crippen molar-refractivity contribution in [1.82, 2.24) is 9.03 Å². The molecule has 8 nitrogen and oxygen atoms in total. The minimum Gasteiger partial charge on any atom is -0.481 e. The first-order valence-electron chi connectivity index (χ1n) is 5.66. The van der Waals surface area contributed by atoms with E-state index >= 15 is 0 Å². The van der Waals surface area contributed by atoms with E-state index in [1.165, 1.54) is 20.9 Å². The molecule has 10 heteroatoms. The minimum absolute atomic E-state index is 0.126. The summed E-state index contributed by atoms with van der Waals surface area (Å²) in [5.74, 6) is -2.45. The molecule has 1 atom stereocenters. The highest BCUT2D eigenvalue weighted by atomic mass is 32.2. The molecule has 0 radical (unpaired) electrons. The second-order valence-electron chi connectivity index (χ2n) is 4.13. The first-order valence-corrected chi connectivity index (χ1v) is 8.92. The molecule has 0 aromatic rings. The van der Waals surface area contributed by atoms with Crippen LogP contribution in [0.15, 0.2) is 0 Å². The predicted octanol–water partition coefficient (Wildman–Crippen LogP) is -1.09. The van der Waals surface area contributed by atoms with Crippen molar-refractivity contribution in [3.05, 3.63) is 0 Å². The Morgan fingerprint density at radius 2 is 1.84 bits per heavy atom. The molecule has 0 spiro atoms. The molecular formula is C9H20N2O6S2. The van der Waals surface area contributed by atoms with Crippen LogP contribution in [0.3, 0.4) is 0 Å². The standard InChI is InChI=1S/C9H20N2O6S2/c1-4-18(14,15)10-5-6-19(16,17)11(3)7-8(2)9(12)13/h8,10H,4-7H2,1-3H3,(H,12,13). The van der Waals surface area contributed by atoms with Crippen molar-refractivity contribution >= 4 is 26.0 Å². The van der Waals surface area contributed by atoms with Gasteiger partial charge in [0.1, 0.15) is 0 Å². The molecule has 0 aromatic heterocycles. The van der Waals surface area contributed by atoms with Crippen LogP contribution in [0.4, 0.5) is 0 Å². The van der Waals surface area contributed by atoms with Gasteiger partial charge < -0.3 is 5.11 Å². The number of aliphatic carboxylic acids is 1. The molecule has 0 saturated heterocycles. The molecule has 0 aliphatic heterocycles. The van der Waals surface area contributed by atoms with E-state index in [1.54, 1.807) is 0 Å². The zero-order chi connectivity index (χ0) is 15.3. The summed E-state index contributed by atoms with van der Waals surface area (Å²) >= 11 is 0. The monoisotopic (exact) mass is 316 g/mol. The average Bonchev–Trinajstić information content (AvgIpc) is 2.28. The van der Waals surface area contributed by atoms with Crippen LogP contribution in [0.2, 0.25) is 0 Å². The molecule has 19 heavy (non-hydrogen) atoms. The number of sulfonamides is 2. The third kappa shape index (κ3) is 6.85. The van der Waals surface area contributed by atoms with Crippen molar-refractivity contribution in [3.8, 4) is 0 Å². The van der Waals surface area contributed by atoms with Crippen LogP contribution in [-0.2, 0) is 24.8 Å². The summed E-state index contributed by atoms with van der Waals surface area (Å²) in [5.41, 5.74) is 0. The fourth-order valence-corrected chi connectivity index (χ4v) is 3.03. The number of carboxylic acids is 1. The van der Waals surface area contributed by atoms with Gasteiger partial charge in [0, 0.05) is 20.1 Å². The van der Waals surface area contributed by atoms with Gasteiger partial charge in [-0.2, -0.15) is 0 Å². The fraction of sp³-hybridized carbons (Fsp3) is 0.889. The van der Waals surface area contributed by atoms with Gasteiger partial charge in [-0.25, -0.2) is 25.9 Å². The molecule has 1 unspecified atom stereocenters. The highest BCUT2D eigenvalue weighted by Crippen LogP contribution is 2.04. The molecular weight excluding hydrogens is 296 g/mol. The van der Waals surface area contributed by atoms with E-state index in [4.69, 9.17) is 5.11 Å². The van der Waals surface area contributed by atoms with Crippen LogP contribution in [0.5, 0.6) is 0 Å². The molecule has 0 fully saturated rings. The second kappa shape index (κ2) is 7.17. The summed E-state index contributed by atoms with van der Waals surface area (Å²) in [5, 5.41) is 8.70. The number of rotatable bonds is 9. The van der Waals surface area contributed by atoms with Gasteiger partial charge in [0.2, 0.25) is 20.0 Å². The summed E-state index contributed by atoms with van der Waals surface area (Å²) in [6.45, 7) is 2.45. The summed E-state index contributed by atoms with van der Waals surface area (Å²) in [6, 6.07) is 0. The third-order valence-electron chi connectivity index (χ3n) is 2.49. The molecule has 2 N–H and O–H groups in total. The van der Waals surface area contributed by atoms with Crippen molar-refractivity contribution in [2.24, 2.45) is 5.92 Å². The Morgan fingerprint density at radius 3 is 2.26 bits per heavy atom. The molecule has 0 amide bonds. The first kappa shape index (κ1) is 18.3. The third-order valence-corrected chi connectivity index (χ3v) is 5.71. The van der Waals surface area contributed by atoms with Crippen molar-refractivity contribution in [3.63, 3.8) is 0 Å². The van der Waals surface area contributed by atoms with Gasteiger partial charge in [-0.05, 0) is 6.92 Å². The number of hydrogen-bond donors (Lipinski definition) is 2. The highest BCUT2D eigenvalue weighted by molar-refractivity contribution is 7.90. The fourth-order valence-electron chi connectivity index (χ4n) is 1.16. The van der Waals surface area contributed by atoms with Gasteiger partial charge in [0.15, 0.2) is 0 Å². The molecule has 0 heterocycles. The number of carbonyl (C=O) groups is 1. The maximum atomic E-state index is 11.8. The van der Waals surface area contributed by atoms with Crippen LogP contribution < -0.4 is 4.72 Å². The van der Waals surface area contributed by atoms with Crippen LogP contribution in [0.25, 0.3) is 0 Å². The van der Waals surface area contributed by atoms with Crippen molar-refractivity contribution in [2.75, 3.05) is 31.6 Å². The maximum Gasteiger partial charge on any atom is 0.307 e. The zero-order valence-electron chi connectivity index (χ0n) is 11.2. The lowest BCUT2D eigenvalue weighted by Crippen LogP contribution is -2.39. The molecule has 0 aromatic carbocycles. The van der Waals surface area contributed by atoms with E-state index in [1.807, 2.05) is 0 Å². The quantitative estimate of drug-likeness (QED) is 0.557. The molecule has 0 bridgehead atoms. The van der Waals surface area contributed by atoms with Crippen LogP contribution >= 0.6 is 0 Å². The van der Waals surface area contributed by atoms with Gasteiger partial charge in [0.25, 0.3) is 0 Å².